The van der Waals surface area contributed by atoms with Crippen molar-refractivity contribution in [3.63, 3.8) is 0 Å². The normalized spacial score (nSPS) is 17.0. The molecule has 0 bridgehead atoms. The molecule has 1 aromatic heterocycles. The van der Waals surface area contributed by atoms with E-state index < -0.39 is 21.3 Å². The van der Waals surface area contributed by atoms with Gasteiger partial charge in [0.25, 0.3) is 5.91 Å². The van der Waals surface area contributed by atoms with Crippen LogP contribution in [0.5, 0.6) is 5.75 Å². The van der Waals surface area contributed by atoms with E-state index in [0.717, 1.165) is 72.9 Å². The van der Waals surface area contributed by atoms with Gasteiger partial charge in [-0.25, -0.2) is 13.1 Å². The monoisotopic (exact) mass is 679 g/mol. The van der Waals surface area contributed by atoms with Crippen LogP contribution >= 0.6 is 0 Å². The Hall–Kier alpha value is -3.37. The highest BCUT2D eigenvalue weighted by atomic mass is 32.2. The average molecular weight is 680 g/mol. The minimum absolute atomic E-state index is 0.0155. The Balaban J connectivity index is 1.66. The van der Waals surface area contributed by atoms with Crippen molar-refractivity contribution in [3.05, 3.63) is 53.6 Å². The van der Waals surface area contributed by atoms with Crippen LogP contribution in [0, 0.1) is 11.3 Å². The molecule has 3 aromatic rings. The SMILES string of the molecule is CCOC[C@@H](CC)N(C)C(=O)C1(Cn2c(-c3ccc(OC)cc3)c(C3CCCCC3)c3ccc(C(=O)NS(=O)(=O)CC(C)C)cc32)CC1. The highest BCUT2D eigenvalue weighted by Crippen LogP contribution is 2.52. The van der Waals surface area contributed by atoms with Crippen LogP contribution in [0.15, 0.2) is 42.5 Å². The lowest BCUT2D eigenvalue weighted by Crippen LogP contribution is -2.44. The van der Waals surface area contributed by atoms with Gasteiger partial charge >= 0.3 is 0 Å². The van der Waals surface area contributed by atoms with E-state index in [1.54, 1.807) is 13.2 Å². The zero-order valence-corrected chi connectivity index (χ0v) is 30.3. The molecule has 2 aliphatic rings. The summed E-state index contributed by atoms with van der Waals surface area (Å²) in [6, 6.07) is 13.6. The molecule has 10 heteroatoms. The molecule has 2 aromatic carbocycles. The van der Waals surface area contributed by atoms with Crippen molar-refractivity contribution >= 4 is 32.7 Å². The third kappa shape index (κ3) is 7.75. The summed E-state index contributed by atoms with van der Waals surface area (Å²) in [6.45, 7) is 9.22. The van der Waals surface area contributed by atoms with Gasteiger partial charge in [-0.15, -0.1) is 0 Å². The maximum absolute atomic E-state index is 14.3. The lowest BCUT2D eigenvalue weighted by Gasteiger charge is -2.31. The van der Waals surface area contributed by atoms with Crippen molar-refractivity contribution in [1.82, 2.24) is 14.2 Å². The molecular formula is C38H53N3O6S. The van der Waals surface area contributed by atoms with E-state index in [0.29, 0.717) is 25.7 Å². The number of sulfonamides is 1. The predicted octanol–water partition coefficient (Wildman–Crippen LogP) is 7.13. The van der Waals surface area contributed by atoms with E-state index in [9.17, 15) is 18.0 Å². The molecular weight excluding hydrogens is 627 g/mol. The number of nitrogens with zero attached hydrogens (tertiary/aromatic N) is 2. The smallest absolute Gasteiger partial charge is 0.264 e. The molecule has 0 aliphatic heterocycles. The summed E-state index contributed by atoms with van der Waals surface area (Å²) in [5.41, 5.74) is 3.88. The molecule has 1 N–H and O–H groups in total. The number of nitrogens with one attached hydrogen (secondary N) is 1. The molecule has 1 heterocycles. The molecule has 2 fully saturated rings. The molecule has 0 radical (unpaired) electrons. The second kappa shape index (κ2) is 15.0. The van der Waals surface area contributed by atoms with Crippen molar-refractivity contribution < 1.29 is 27.5 Å². The van der Waals surface area contributed by atoms with Gasteiger partial charge in [0, 0.05) is 36.7 Å². The lowest BCUT2D eigenvalue weighted by atomic mass is 9.81. The van der Waals surface area contributed by atoms with Crippen LogP contribution in [0.25, 0.3) is 22.2 Å². The van der Waals surface area contributed by atoms with Gasteiger partial charge in [-0.05, 0) is 98.4 Å². The van der Waals surface area contributed by atoms with E-state index in [1.165, 1.54) is 12.0 Å². The molecule has 0 spiro atoms. The number of ether oxygens (including phenoxy) is 2. The van der Waals surface area contributed by atoms with Crippen LogP contribution in [0.3, 0.4) is 0 Å². The number of fused-ring (bicyclic) bond motifs is 1. The van der Waals surface area contributed by atoms with Crippen LogP contribution in [-0.4, -0.2) is 68.9 Å². The lowest BCUT2D eigenvalue weighted by molar-refractivity contribution is -0.139. The molecule has 2 saturated carbocycles. The zero-order valence-electron chi connectivity index (χ0n) is 29.5. The number of aromatic nitrogens is 1. The highest BCUT2D eigenvalue weighted by Gasteiger charge is 2.52. The number of carbonyl (C=O) groups is 2. The van der Waals surface area contributed by atoms with Gasteiger partial charge in [-0.3, -0.25) is 9.59 Å². The standard InChI is InChI=1S/C38H53N3O6S/c1-7-30(23-47-8-2)40(5)37(43)38(20-21-38)25-41-33-22-29(36(42)39-48(44,45)24-26(3)4)16-19-32(33)34(27-12-10-9-11-13-27)35(41)28-14-17-31(46-6)18-15-28/h14-19,22,26-27,30H,7-13,20-21,23-25H2,1-6H3,(H,39,42)/t30-/m1/s1. The third-order valence-electron chi connectivity index (χ3n) is 10.2. The van der Waals surface area contributed by atoms with Crippen LogP contribution in [-0.2, 0) is 26.1 Å². The summed E-state index contributed by atoms with van der Waals surface area (Å²) in [5.74, 6) is 0.308. The summed E-state index contributed by atoms with van der Waals surface area (Å²) in [7, 11) is -0.253. The van der Waals surface area contributed by atoms with E-state index in [4.69, 9.17) is 9.47 Å². The molecule has 5 rings (SSSR count). The van der Waals surface area contributed by atoms with E-state index >= 15 is 0 Å². The fourth-order valence-corrected chi connectivity index (χ4v) is 8.78. The summed E-state index contributed by atoms with van der Waals surface area (Å²) in [6.07, 6.45) is 8.00. The van der Waals surface area contributed by atoms with Crippen molar-refractivity contribution in [2.24, 2.45) is 11.3 Å². The van der Waals surface area contributed by atoms with Gasteiger partial charge in [0.2, 0.25) is 15.9 Å². The predicted molar refractivity (Wildman–Crippen MR) is 191 cm³/mol. The first-order chi connectivity index (χ1) is 22.9. The Morgan fingerprint density at radius 2 is 1.73 bits per heavy atom. The summed E-state index contributed by atoms with van der Waals surface area (Å²) < 4.78 is 41.2. The van der Waals surface area contributed by atoms with Gasteiger partial charge in [-0.2, -0.15) is 0 Å². The van der Waals surface area contributed by atoms with Crippen LogP contribution in [0.2, 0.25) is 0 Å². The maximum Gasteiger partial charge on any atom is 0.264 e. The fourth-order valence-electron chi connectivity index (χ4n) is 7.42. The number of likely N-dealkylation sites (N-methyl/N-ethyl adjacent to an activating group) is 1. The van der Waals surface area contributed by atoms with Crippen molar-refractivity contribution in [3.8, 4) is 17.0 Å². The second-order valence-electron chi connectivity index (χ2n) is 14.2. The molecule has 2 aliphatic carbocycles. The van der Waals surface area contributed by atoms with Crippen LogP contribution in [0.1, 0.15) is 101 Å². The van der Waals surface area contributed by atoms with Crippen molar-refractivity contribution in [2.45, 2.75) is 97.6 Å². The maximum atomic E-state index is 14.3. The molecule has 0 saturated heterocycles. The largest absolute Gasteiger partial charge is 0.497 e. The Morgan fingerprint density at radius 3 is 2.31 bits per heavy atom. The first-order valence-electron chi connectivity index (χ1n) is 17.6. The molecule has 262 valence electrons. The van der Waals surface area contributed by atoms with E-state index in [-0.39, 0.29) is 29.2 Å². The van der Waals surface area contributed by atoms with Crippen LogP contribution in [0.4, 0.5) is 0 Å². The molecule has 9 nitrogen and oxygen atoms in total. The number of benzene rings is 2. The van der Waals surface area contributed by atoms with Gasteiger partial charge in [0.05, 0.1) is 36.6 Å². The topological polar surface area (TPSA) is 107 Å². The van der Waals surface area contributed by atoms with Gasteiger partial charge in [-0.1, -0.05) is 46.1 Å². The van der Waals surface area contributed by atoms with Gasteiger partial charge in [0.1, 0.15) is 5.75 Å². The van der Waals surface area contributed by atoms with E-state index in [2.05, 4.69) is 28.3 Å². The average Bonchev–Trinajstić information content (AvgIpc) is 3.79. The molecule has 2 amide bonds. The number of amides is 2. The third-order valence-corrected chi connectivity index (χ3v) is 11.8. The Morgan fingerprint density at radius 1 is 1.04 bits per heavy atom. The highest BCUT2D eigenvalue weighted by molar-refractivity contribution is 7.90. The number of rotatable bonds is 15. The first kappa shape index (κ1) is 35.9. The number of hydrogen-bond acceptors (Lipinski definition) is 6. The Bertz CT molecular complexity index is 1700. The van der Waals surface area contributed by atoms with Gasteiger partial charge in [0.15, 0.2) is 0 Å². The minimum Gasteiger partial charge on any atom is -0.497 e. The fraction of sp³-hybridized carbons (Fsp3) is 0.579. The minimum atomic E-state index is -3.80. The summed E-state index contributed by atoms with van der Waals surface area (Å²) in [5, 5.41) is 1.05. The number of hydrogen-bond donors (Lipinski definition) is 1. The molecule has 48 heavy (non-hydrogen) atoms. The van der Waals surface area contributed by atoms with E-state index in [1.807, 2.05) is 57.0 Å². The molecule has 1 atom stereocenters. The summed E-state index contributed by atoms with van der Waals surface area (Å²) >= 11 is 0. The summed E-state index contributed by atoms with van der Waals surface area (Å²) in [4.78, 5) is 29.6. The van der Waals surface area contributed by atoms with Crippen molar-refractivity contribution in [2.75, 3.05) is 33.1 Å². The zero-order chi connectivity index (χ0) is 34.6. The number of carbonyl (C=O) groups excluding carboxylic acids is 2. The Kier molecular flexibility index (Phi) is 11.2. The van der Waals surface area contributed by atoms with Crippen molar-refractivity contribution in [1.29, 1.82) is 0 Å². The second-order valence-corrected chi connectivity index (χ2v) is 15.9. The van der Waals surface area contributed by atoms with Crippen LogP contribution < -0.4 is 9.46 Å². The first-order valence-corrected chi connectivity index (χ1v) is 19.3. The Labute approximate surface area is 286 Å². The number of methoxy groups -OCH3 is 1. The van der Waals surface area contributed by atoms with Gasteiger partial charge < -0.3 is 18.9 Å². The molecule has 0 unspecified atom stereocenters. The quantitative estimate of drug-likeness (QED) is 0.183.